The number of nitrogens with one attached hydrogen (secondary N) is 1. The minimum absolute atomic E-state index is 0.168. The van der Waals surface area contributed by atoms with Crippen LogP contribution >= 0.6 is 0 Å². The maximum Gasteiger partial charge on any atom is 0.262 e. The van der Waals surface area contributed by atoms with Gasteiger partial charge in [-0.1, -0.05) is 0 Å². The first-order valence-electron chi connectivity index (χ1n) is 6.75. The molecule has 1 aliphatic rings. The molecule has 0 saturated heterocycles. The van der Waals surface area contributed by atoms with Gasteiger partial charge in [0.25, 0.3) is 5.91 Å². The fourth-order valence-corrected chi connectivity index (χ4v) is 2.20. The Balaban J connectivity index is 1.58. The van der Waals surface area contributed by atoms with Crippen LogP contribution in [0.5, 0.6) is 11.5 Å². The fourth-order valence-electron chi connectivity index (χ4n) is 2.20. The quantitative estimate of drug-likeness (QED) is 0.945. The third-order valence-electron chi connectivity index (χ3n) is 3.23. The van der Waals surface area contributed by atoms with Gasteiger partial charge < -0.3 is 14.8 Å². The van der Waals surface area contributed by atoms with E-state index in [4.69, 9.17) is 9.47 Å². The van der Waals surface area contributed by atoms with E-state index >= 15 is 0 Å². The Kier molecular flexibility index (Phi) is 3.91. The maximum atomic E-state index is 13.4. The summed E-state index contributed by atoms with van der Waals surface area (Å²) in [4.78, 5) is 11.8. The van der Waals surface area contributed by atoms with Gasteiger partial charge in [0.1, 0.15) is 11.6 Å². The predicted molar refractivity (Wildman–Crippen MR) is 76.1 cm³/mol. The lowest BCUT2D eigenvalue weighted by molar-refractivity contribution is -0.118. The van der Waals surface area contributed by atoms with E-state index in [0.717, 1.165) is 29.9 Å². The van der Waals surface area contributed by atoms with Crippen molar-refractivity contribution in [3.63, 3.8) is 0 Å². The minimum atomic E-state index is -0.845. The SMILES string of the molecule is O=C(COc1ccc(F)cc1F)Nc1ccc2c(c1)CCO2. The molecule has 0 aliphatic carbocycles. The highest BCUT2D eigenvalue weighted by Gasteiger charge is 2.13. The first kappa shape index (κ1) is 14.3. The van der Waals surface area contributed by atoms with Gasteiger partial charge in [-0.15, -0.1) is 0 Å². The van der Waals surface area contributed by atoms with Crippen LogP contribution in [0.1, 0.15) is 5.56 Å². The molecule has 0 fully saturated rings. The second-order valence-corrected chi connectivity index (χ2v) is 4.83. The van der Waals surface area contributed by atoms with Crippen molar-refractivity contribution in [2.24, 2.45) is 0 Å². The second kappa shape index (κ2) is 6.01. The molecule has 0 bridgehead atoms. The zero-order valence-corrected chi connectivity index (χ0v) is 11.6. The molecule has 1 amide bonds. The fraction of sp³-hybridized carbons (Fsp3) is 0.188. The summed E-state index contributed by atoms with van der Waals surface area (Å²) >= 11 is 0. The third-order valence-corrected chi connectivity index (χ3v) is 3.23. The Hall–Kier alpha value is -2.63. The Morgan fingerprint density at radius 2 is 2.09 bits per heavy atom. The third kappa shape index (κ3) is 3.16. The number of hydrogen-bond donors (Lipinski definition) is 1. The number of anilines is 1. The number of fused-ring (bicyclic) bond motifs is 1. The Morgan fingerprint density at radius 1 is 1.23 bits per heavy atom. The highest BCUT2D eigenvalue weighted by molar-refractivity contribution is 5.92. The Morgan fingerprint density at radius 3 is 2.91 bits per heavy atom. The summed E-state index contributed by atoms with van der Waals surface area (Å²) in [6.07, 6.45) is 0.802. The van der Waals surface area contributed by atoms with Gasteiger partial charge in [-0.25, -0.2) is 8.78 Å². The number of hydrogen-bond acceptors (Lipinski definition) is 3. The number of carbonyl (C=O) groups excluding carboxylic acids is 1. The summed E-state index contributed by atoms with van der Waals surface area (Å²) in [5.74, 6) is -1.32. The van der Waals surface area contributed by atoms with Crippen LogP contribution in [0.25, 0.3) is 0 Å². The molecule has 1 aliphatic heterocycles. The number of halogens is 2. The van der Waals surface area contributed by atoms with E-state index in [1.54, 1.807) is 12.1 Å². The summed E-state index contributed by atoms with van der Waals surface area (Å²) in [6.45, 7) is 0.274. The molecule has 0 radical (unpaired) electrons. The number of ether oxygens (including phenoxy) is 2. The van der Waals surface area contributed by atoms with Crippen LogP contribution in [-0.2, 0) is 11.2 Å². The lowest BCUT2D eigenvalue weighted by Gasteiger charge is -2.09. The molecule has 1 N–H and O–H groups in total. The first-order valence-corrected chi connectivity index (χ1v) is 6.75. The topological polar surface area (TPSA) is 47.6 Å². The molecular formula is C16H13F2NO3. The van der Waals surface area contributed by atoms with Crippen molar-refractivity contribution < 1.29 is 23.0 Å². The highest BCUT2D eigenvalue weighted by Crippen LogP contribution is 2.27. The van der Waals surface area contributed by atoms with Gasteiger partial charge >= 0.3 is 0 Å². The van der Waals surface area contributed by atoms with Crippen LogP contribution in [0, 0.1) is 11.6 Å². The molecule has 4 nitrogen and oxygen atoms in total. The highest BCUT2D eigenvalue weighted by atomic mass is 19.1. The molecule has 6 heteroatoms. The van der Waals surface area contributed by atoms with Crippen molar-refractivity contribution in [1.82, 2.24) is 0 Å². The molecule has 114 valence electrons. The van der Waals surface area contributed by atoms with Gasteiger partial charge in [0.15, 0.2) is 18.2 Å². The number of benzene rings is 2. The summed E-state index contributed by atoms with van der Waals surface area (Å²) < 4.78 is 36.5. The predicted octanol–water partition coefficient (Wildman–Crippen LogP) is 2.92. The molecule has 2 aromatic carbocycles. The average molecular weight is 305 g/mol. The van der Waals surface area contributed by atoms with Crippen molar-refractivity contribution in [3.05, 3.63) is 53.6 Å². The summed E-state index contributed by atoms with van der Waals surface area (Å²) in [5.41, 5.74) is 1.65. The van der Waals surface area contributed by atoms with Crippen molar-refractivity contribution in [3.8, 4) is 11.5 Å². The smallest absolute Gasteiger partial charge is 0.262 e. The lowest BCUT2D eigenvalue weighted by atomic mass is 10.1. The van der Waals surface area contributed by atoms with Crippen molar-refractivity contribution >= 4 is 11.6 Å². The van der Waals surface area contributed by atoms with Gasteiger partial charge in [-0.2, -0.15) is 0 Å². The van der Waals surface area contributed by atoms with Crippen LogP contribution in [0.15, 0.2) is 36.4 Å². The number of rotatable bonds is 4. The van der Waals surface area contributed by atoms with E-state index in [1.165, 1.54) is 0 Å². The number of amides is 1. The molecule has 0 unspecified atom stereocenters. The van der Waals surface area contributed by atoms with Gasteiger partial charge in [-0.05, 0) is 35.9 Å². The van der Waals surface area contributed by atoms with Gasteiger partial charge in [0.2, 0.25) is 0 Å². The average Bonchev–Trinajstić information content (AvgIpc) is 2.94. The molecule has 22 heavy (non-hydrogen) atoms. The molecule has 0 aromatic heterocycles. The van der Waals surface area contributed by atoms with Crippen LogP contribution in [0.4, 0.5) is 14.5 Å². The maximum absolute atomic E-state index is 13.4. The Bertz CT molecular complexity index is 719. The molecule has 3 rings (SSSR count). The van der Waals surface area contributed by atoms with E-state index in [-0.39, 0.29) is 12.4 Å². The summed E-state index contributed by atoms with van der Waals surface area (Å²) in [7, 11) is 0. The van der Waals surface area contributed by atoms with Crippen LogP contribution < -0.4 is 14.8 Å². The first-order chi connectivity index (χ1) is 10.6. The normalized spacial score (nSPS) is 12.5. The standard InChI is InChI=1S/C16H13F2NO3/c17-11-1-3-15(13(18)8-11)22-9-16(20)19-12-2-4-14-10(7-12)5-6-21-14/h1-4,7-8H,5-6,9H2,(H,19,20). The van der Waals surface area contributed by atoms with Crippen molar-refractivity contribution in [2.75, 3.05) is 18.5 Å². The van der Waals surface area contributed by atoms with Crippen LogP contribution in [-0.4, -0.2) is 19.1 Å². The van der Waals surface area contributed by atoms with E-state index in [2.05, 4.69) is 5.32 Å². The van der Waals surface area contributed by atoms with Gasteiger partial charge in [0, 0.05) is 18.2 Å². The van der Waals surface area contributed by atoms with E-state index < -0.39 is 17.5 Å². The monoisotopic (exact) mass is 305 g/mol. The minimum Gasteiger partial charge on any atom is -0.493 e. The molecule has 0 atom stereocenters. The zero-order valence-electron chi connectivity index (χ0n) is 11.6. The van der Waals surface area contributed by atoms with E-state index in [9.17, 15) is 13.6 Å². The summed E-state index contributed by atoms with van der Waals surface area (Å²) in [5, 5.41) is 2.66. The molecule has 0 spiro atoms. The van der Waals surface area contributed by atoms with E-state index in [1.807, 2.05) is 6.07 Å². The van der Waals surface area contributed by atoms with Crippen LogP contribution in [0.3, 0.4) is 0 Å². The second-order valence-electron chi connectivity index (χ2n) is 4.83. The molecule has 2 aromatic rings. The van der Waals surface area contributed by atoms with Gasteiger partial charge in [0.05, 0.1) is 6.61 Å². The largest absolute Gasteiger partial charge is 0.493 e. The number of carbonyl (C=O) groups is 1. The molecular weight excluding hydrogens is 292 g/mol. The van der Waals surface area contributed by atoms with Gasteiger partial charge in [-0.3, -0.25) is 4.79 Å². The lowest BCUT2D eigenvalue weighted by Crippen LogP contribution is -2.20. The summed E-state index contributed by atoms with van der Waals surface area (Å²) in [6, 6.07) is 8.26. The molecule has 0 saturated carbocycles. The Labute approximate surface area is 125 Å². The zero-order chi connectivity index (χ0) is 15.5. The molecule has 1 heterocycles. The van der Waals surface area contributed by atoms with E-state index in [0.29, 0.717) is 18.4 Å². The van der Waals surface area contributed by atoms with Crippen molar-refractivity contribution in [2.45, 2.75) is 6.42 Å². The van der Waals surface area contributed by atoms with Crippen molar-refractivity contribution in [1.29, 1.82) is 0 Å². The van der Waals surface area contributed by atoms with Crippen LogP contribution in [0.2, 0.25) is 0 Å².